The van der Waals surface area contributed by atoms with Crippen molar-refractivity contribution in [2.75, 3.05) is 33.2 Å². The van der Waals surface area contributed by atoms with Crippen molar-refractivity contribution < 1.29 is 0 Å². The molecule has 0 aromatic rings. The van der Waals surface area contributed by atoms with Crippen molar-refractivity contribution in [3.05, 3.63) is 0 Å². The molecule has 2 heterocycles. The lowest BCUT2D eigenvalue weighted by Crippen LogP contribution is -2.47. The van der Waals surface area contributed by atoms with Gasteiger partial charge in [-0.25, -0.2) is 0 Å². The molecule has 94 valence electrons. The van der Waals surface area contributed by atoms with E-state index in [0.29, 0.717) is 0 Å². The van der Waals surface area contributed by atoms with Gasteiger partial charge in [0.25, 0.3) is 0 Å². The van der Waals surface area contributed by atoms with Gasteiger partial charge in [0, 0.05) is 6.04 Å². The average Bonchev–Trinajstić information content (AvgIpc) is 2.30. The Labute approximate surface area is 101 Å². The minimum Gasteiger partial charge on any atom is -0.306 e. The molecule has 2 nitrogen and oxygen atoms in total. The summed E-state index contributed by atoms with van der Waals surface area (Å²) in [6.45, 7) is 10.1. The van der Waals surface area contributed by atoms with Gasteiger partial charge in [-0.3, -0.25) is 0 Å². The van der Waals surface area contributed by atoms with Crippen LogP contribution in [-0.4, -0.2) is 49.1 Å². The van der Waals surface area contributed by atoms with Crippen LogP contribution in [0.15, 0.2) is 0 Å². The maximum Gasteiger partial charge on any atom is 0.0120 e. The van der Waals surface area contributed by atoms with Gasteiger partial charge in [0.05, 0.1) is 0 Å². The second-order valence-corrected chi connectivity index (χ2v) is 6.15. The van der Waals surface area contributed by atoms with E-state index in [1.54, 1.807) is 0 Å². The normalized spacial score (nSPS) is 27.8. The molecule has 0 aromatic heterocycles. The van der Waals surface area contributed by atoms with Crippen molar-refractivity contribution in [3.8, 4) is 0 Å². The van der Waals surface area contributed by atoms with Crippen LogP contribution in [-0.2, 0) is 0 Å². The van der Waals surface area contributed by atoms with E-state index in [0.717, 1.165) is 17.9 Å². The van der Waals surface area contributed by atoms with Gasteiger partial charge in [0.15, 0.2) is 0 Å². The summed E-state index contributed by atoms with van der Waals surface area (Å²) < 4.78 is 0. The number of piperidine rings is 2. The summed E-state index contributed by atoms with van der Waals surface area (Å²) >= 11 is 0. The zero-order valence-corrected chi connectivity index (χ0v) is 11.3. The van der Waals surface area contributed by atoms with Crippen molar-refractivity contribution in [2.45, 2.75) is 45.6 Å². The summed E-state index contributed by atoms with van der Waals surface area (Å²) in [6.07, 6.45) is 5.65. The van der Waals surface area contributed by atoms with Crippen LogP contribution in [0.2, 0.25) is 0 Å². The second-order valence-electron chi connectivity index (χ2n) is 6.15. The van der Waals surface area contributed by atoms with E-state index >= 15 is 0 Å². The van der Waals surface area contributed by atoms with Crippen LogP contribution in [0.5, 0.6) is 0 Å². The van der Waals surface area contributed by atoms with Crippen molar-refractivity contribution in [3.63, 3.8) is 0 Å². The number of hydrogen-bond acceptors (Lipinski definition) is 2. The Balaban J connectivity index is 1.76. The third-order valence-corrected chi connectivity index (χ3v) is 4.72. The summed E-state index contributed by atoms with van der Waals surface area (Å²) in [4.78, 5) is 5.24. The van der Waals surface area contributed by atoms with Gasteiger partial charge in [0.1, 0.15) is 0 Å². The minimum absolute atomic E-state index is 0.889. The Hall–Kier alpha value is -0.0800. The molecule has 0 atom stereocenters. The van der Waals surface area contributed by atoms with Crippen LogP contribution < -0.4 is 0 Å². The largest absolute Gasteiger partial charge is 0.306 e. The van der Waals surface area contributed by atoms with Gasteiger partial charge in [0.2, 0.25) is 0 Å². The van der Waals surface area contributed by atoms with Crippen LogP contribution in [0.4, 0.5) is 0 Å². The van der Waals surface area contributed by atoms with E-state index < -0.39 is 0 Å². The molecule has 0 aliphatic carbocycles. The molecule has 2 rings (SSSR count). The predicted molar refractivity (Wildman–Crippen MR) is 69.7 cm³/mol. The summed E-state index contributed by atoms with van der Waals surface area (Å²) in [7, 11) is 2.25. The molecule has 0 amide bonds. The van der Waals surface area contributed by atoms with Crippen LogP contribution in [0.1, 0.15) is 39.5 Å². The third-order valence-electron chi connectivity index (χ3n) is 4.72. The highest BCUT2D eigenvalue weighted by Gasteiger charge is 2.28. The van der Waals surface area contributed by atoms with Crippen molar-refractivity contribution in [2.24, 2.45) is 11.8 Å². The lowest BCUT2D eigenvalue weighted by Gasteiger charge is -2.41. The fourth-order valence-electron chi connectivity index (χ4n) is 3.31. The topological polar surface area (TPSA) is 6.48 Å². The quantitative estimate of drug-likeness (QED) is 0.711. The van der Waals surface area contributed by atoms with E-state index in [9.17, 15) is 0 Å². The molecule has 0 unspecified atom stereocenters. The monoisotopic (exact) mass is 224 g/mol. The van der Waals surface area contributed by atoms with E-state index in [2.05, 4.69) is 30.7 Å². The molecule has 0 N–H and O–H groups in total. The maximum atomic E-state index is 2.77. The van der Waals surface area contributed by atoms with Crippen molar-refractivity contribution in [1.29, 1.82) is 0 Å². The SMILES string of the molecule is CC(C)C1CCN(C2CCN(C)CC2)CC1. The standard InChI is InChI=1S/C14H28N2/c1-12(2)13-4-10-16(11-5-13)14-6-8-15(3)9-7-14/h12-14H,4-11H2,1-3H3. The highest BCUT2D eigenvalue weighted by atomic mass is 15.2. The predicted octanol–water partition coefficient (Wildman–Crippen LogP) is 2.45. The second kappa shape index (κ2) is 5.50. The highest BCUT2D eigenvalue weighted by Crippen LogP contribution is 2.27. The average molecular weight is 224 g/mol. The van der Waals surface area contributed by atoms with Gasteiger partial charge in [-0.05, 0) is 70.7 Å². The number of likely N-dealkylation sites (tertiary alicyclic amines) is 2. The molecule has 0 saturated carbocycles. The molecule has 2 aliphatic heterocycles. The fraction of sp³-hybridized carbons (Fsp3) is 1.00. The molecule has 0 bridgehead atoms. The van der Waals surface area contributed by atoms with Crippen LogP contribution in [0.3, 0.4) is 0 Å². The third kappa shape index (κ3) is 2.98. The Kier molecular flexibility index (Phi) is 4.26. The zero-order chi connectivity index (χ0) is 11.5. The maximum absolute atomic E-state index is 2.77. The Morgan fingerprint density at radius 3 is 1.94 bits per heavy atom. The smallest absolute Gasteiger partial charge is 0.0120 e. The van der Waals surface area contributed by atoms with Crippen LogP contribution in [0, 0.1) is 11.8 Å². The first-order valence-electron chi connectivity index (χ1n) is 7.09. The fourth-order valence-corrected chi connectivity index (χ4v) is 3.31. The molecule has 16 heavy (non-hydrogen) atoms. The molecule has 0 radical (unpaired) electrons. The summed E-state index contributed by atoms with van der Waals surface area (Å²) in [5, 5.41) is 0. The molecular formula is C14H28N2. The molecule has 0 spiro atoms. The van der Waals surface area contributed by atoms with Crippen molar-refractivity contribution >= 4 is 0 Å². The first-order chi connectivity index (χ1) is 7.66. The van der Waals surface area contributed by atoms with Gasteiger partial charge < -0.3 is 9.80 Å². The van der Waals surface area contributed by atoms with Crippen LogP contribution in [0.25, 0.3) is 0 Å². The lowest BCUT2D eigenvalue weighted by molar-refractivity contribution is 0.0758. The lowest BCUT2D eigenvalue weighted by atomic mass is 9.85. The van der Waals surface area contributed by atoms with E-state index in [4.69, 9.17) is 0 Å². The van der Waals surface area contributed by atoms with Crippen LogP contribution >= 0.6 is 0 Å². The van der Waals surface area contributed by atoms with Gasteiger partial charge in [-0.15, -0.1) is 0 Å². The zero-order valence-electron chi connectivity index (χ0n) is 11.3. The molecule has 2 heteroatoms. The first-order valence-corrected chi connectivity index (χ1v) is 7.09. The van der Waals surface area contributed by atoms with E-state index in [1.165, 1.54) is 51.9 Å². The Morgan fingerprint density at radius 2 is 1.44 bits per heavy atom. The molecule has 2 aliphatic rings. The molecule has 2 saturated heterocycles. The number of hydrogen-bond donors (Lipinski definition) is 0. The highest BCUT2D eigenvalue weighted by molar-refractivity contribution is 4.83. The van der Waals surface area contributed by atoms with Crippen molar-refractivity contribution in [1.82, 2.24) is 9.80 Å². The van der Waals surface area contributed by atoms with Gasteiger partial charge >= 0.3 is 0 Å². The summed E-state index contributed by atoms with van der Waals surface area (Å²) in [5.74, 6) is 1.88. The first kappa shape index (κ1) is 12.4. The molecule has 0 aromatic carbocycles. The number of rotatable bonds is 2. The summed E-state index contributed by atoms with van der Waals surface area (Å²) in [6, 6.07) is 0.893. The van der Waals surface area contributed by atoms with E-state index in [-0.39, 0.29) is 0 Å². The Bertz CT molecular complexity index is 199. The molecule has 2 fully saturated rings. The molecular weight excluding hydrogens is 196 g/mol. The van der Waals surface area contributed by atoms with E-state index in [1.807, 2.05) is 0 Å². The summed E-state index contributed by atoms with van der Waals surface area (Å²) in [5.41, 5.74) is 0. The van der Waals surface area contributed by atoms with Gasteiger partial charge in [-0.1, -0.05) is 13.8 Å². The number of nitrogens with zero attached hydrogens (tertiary/aromatic N) is 2. The Morgan fingerprint density at radius 1 is 0.875 bits per heavy atom. The minimum atomic E-state index is 0.889. The van der Waals surface area contributed by atoms with Gasteiger partial charge in [-0.2, -0.15) is 0 Å².